The third-order valence-corrected chi connectivity index (χ3v) is 5.25. The number of rotatable bonds is 8. The molecule has 0 saturated heterocycles. The molecule has 0 fully saturated rings. The summed E-state index contributed by atoms with van der Waals surface area (Å²) in [6.07, 6.45) is 0.824. The molecule has 1 unspecified atom stereocenters. The van der Waals surface area contributed by atoms with Crippen LogP contribution in [-0.2, 0) is 11.3 Å². The lowest BCUT2D eigenvalue weighted by Gasteiger charge is -2.20. The highest BCUT2D eigenvalue weighted by Crippen LogP contribution is 2.24. The minimum atomic E-state index is -0.401. The third kappa shape index (κ3) is 4.69. The lowest BCUT2D eigenvalue weighted by Crippen LogP contribution is -2.29. The largest absolute Gasteiger partial charge is 0.497 e. The Morgan fingerprint density at radius 3 is 2.39 bits per heavy atom. The molecule has 0 saturated carbocycles. The summed E-state index contributed by atoms with van der Waals surface area (Å²) in [4.78, 5) is 24.9. The number of amides is 1. The monoisotopic (exact) mass is 416 g/mol. The summed E-state index contributed by atoms with van der Waals surface area (Å²) in [6, 6.07) is 24.5. The smallest absolute Gasteiger partial charge is 0.419 e. The Kier molecular flexibility index (Phi) is 6.17. The van der Waals surface area contributed by atoms with Gasteiger partial charge >= 0.3 is 5.76 Å². The van der Waals surface area contributed by atoms with Crippen LogP contribution < -0.4 is 15.8 Å². The van der Waals surface area contributed by atoms with Gasteiger partial charge in [0.2, 0.25) is 5.91 Å². The average molecular weight is 416 g/mol. The number of hydrogen-bond donors (Lipinski definition) is 1. The Labute approximate surface area is 180 Å². The Morgan fingerprint density at radius 1 is 0.968 bits per heavy atom. The van der Waals surface area contributed by atoms with Crippen molar-refractivity contribution in [2.24, 2.45) is 0 Å². The van der Waals surface area contributed by atoms with Crippen LogP contribution in [0.25, 0.3) is 11.1 Å². The van der Waals surface area contributed by atoms with Gasteiger partial charge in [-0.25, -0.2) is 4.79 Å². The van der Waals surface area contributed by atoms with E-state index in [2.05, 4.69) is 5.32 Å². The molecule has 6 heteroatoms. The Bertz CT molecular complexity index is 1210. The summed E-state index contributed by atoms with van der Waals surface area (Å²) in [6.45, 7) is 0.418. The maximum atomic E-state index is 12.8. The second kappa shape index (κ2) is 9.34. The Hall–Kier alpha value is -3.80. The number of nitrogens with zero attached hydrogens (tertiary/aromatic N) is 1. The van der Waals surface area contributed by atoms with Crippen LogP contribution in [0.5, 0.6) is 5.75 Å². The van der Waals surface area contributed by atoms with Gasteiger partial charge in [0.1, 0.15) is 5.75 Å². The van der Waals surface area contributed by atoms with Crippen LogP contribution in [0.4, 0.5) is 0 Å². The van der Waals surface area contributed by atoms with Crippen molar-refractivity contribution in [3.63, 3.8) is 0 Å². The minimum Gasteiger partial charge on any atom is -0.497 e. The third-order valence-electron chi connectivity index (χ3n) is 5.25. The van der Waals surface area contributed by atoms with Gasteiger partial charge in [0, 0.05) is 13.0 Å². The van der Waals surface area contributed by atoms with E-state index in [0.29, 0.717) is 25.0 Å². The number of methoxy groups -OCH3 is 1. The van der Waals surface area contributed by atoms with Crippen LogP contribution in [-0.4, -0.2) is 17.6 Å². The van der Waals surface area contributed by atoms with Gasteiger partial charge in [0.05, 0.1) is 18.7 Å². The Morgan fingerprint density at radius 2 is 1.65 bits per heavy atom. The van der Waals surface area contributed by atoms with Crippen molar-refractivity contribution in [2.45, 2.75) is 25.4 Å². The first-order valence-corrected chi connectivity index (χ1v) is 10.2. The topological polar surface area (TPSA) is 73.5 Å². The highest BCUT2D eigenvalue weighted by Gasteiger charge is 2.17. The summed E-state index contributed by atoms with van der Waals surface area (Å²) < 4.78 is 12.1. The fraction of sp³-hybridized carbons (Fsp3) is 0.200. The molecule has 31 heavy (non-hydrogen) atoms. The fourth-order valence-corrected chi connectivity index (χ4v) is 3.66. The van der Waals surface area contributed by atoms with Gasteiger partial charge in [-0.15, -0.1) is 0 Å². The van der Waals surface area contributed by atoms with E-state index in [1.165, 1.54) is 0 Å². The van der Waals surface area contributed by atoms with Crippen LogP contribution in [0, 0.1) is 0 Å². The van der Waals surface area contributed by atoms with E-state index in [1.54, 1.807) is 17.7 Å². The number of carbonyl (C=O) groups is 1. The lowest BCUT2D eigenvalue weighted by molar-refractivity contribution is -0.121. The normalized spacial score (nSPS) is 11.9. The first kappa shape index (κ1) is 20.5. The van der Waals surface area contributed by atoms with E-state index >= 15 is 0 Å². The molecule has 1 atom stereocenters. The Balaban J connectivity index is 1.45. The van der Waals surface area contributed by atoms with E-state index in [4.69, 9.17) is 9.15 Å². The number of ether oxygens (including phenoxy) is 1. The fourth-order valence-electron chi connectivity index (χ4n) is 3.66. The number of hydrogen-bond acceptors (Lipinski definition) is 4. The number of fused-ring (bicyclic) bond motifs is 1. The molecule has 6 nitrogen and oxygen atoms in total. The van der Waals surface area contributed by atoms with Crippen molar-refractivity contribution in [1.82, 2.24) is 9.88 Å². The molecule has 4 rings (SSSR count). The number of para-hydroxylation sites is 2. The van der Waals surface area contributed by atoms with Crippen LogP contribution in [0.2, 0.25) is 0 Å². The standard InChI is InChI=1S/C25H24N2O4/c1-30-20-15-13-19(14-16-20)24(18-8-3-2-4-9-18)26-23(28)12-7-17-27-21-10-5-6-11-22(21)31-25(27)29/h2-6,8-11,13-16,24H,7,12,17H2,1H3,(H,26,28). The van der Waals surface area contributed by atoms with E-state index in [9.17, 15) is 9.59 Å². The molecular weight excluding hydrogens is 392 g/mol. The number of aromatic nitrogens is 1. The molecule has 0 radical (unpaired) electrons. The molecule has 4 aromatic rings. The van der Waals surface area contributed by atoms with E-state index in [0.717, 1.165) is 22.4 Å². The predicted molar refractivity (Wildman–Crippen MR) is 119 cm³/mol. The van der Waals surface area contributed by atoms with E-state index in [-0.39, 0.29) is 11.9 Å². The van der Waals surface area contributed by atoms with Gasteiger partial charge in [0.25, 0.3) is 0 Å². The second-order valence-corrected chi connectivity index (χ2v) is 7.28. The summed E-state index contributed by atoms with van der Waals surface area (Å²) in [5.41, 5.74) is 3.27. The quantitative estimate of drug-likeness (QED) is 0.465. The van der Waals surface area contributed by atoms with E-state index in [1.807, 2.05) is 72.8 Å². The highest BCUT2D eigenvalue weighted by atomic mass is 16.5. The zero-order chi connectivity index (χ0) is 21.6. The molecule has 1 aromatic heterocycles. The van der Waals surface area contributed by atoms with Crippen LogP contribution in [0.15, 0.2) is 88.1 Å². The maximum absolute atomic E-state index is 12.8. The molecule has 0 spiro atoms. The molecule has 1 N–H and O–H groups in total. The van der Waals surface area contributed by atoms with Crippen molar-refractivity contribution in [3.05, 3.63) is 101 Å². The number of benzene rings is 3. The van der Waals surface area contributed by atoms with Crippen molar-refractivity contribution in [2.75, 3.05) is 7.11 Å². The van der Waals surface area contributed by atoms with Crippen LogP contribution >= 0.6 is 0 Å². The SMILES string of the molecule is COc1ccc(C(NC(=O)CCCn2c(=O)oc3ccccc32)c2ccccc2)cc1. The van der Waals surface area contributed by atoms with Gasteiger partial charge in [-0.2, -0.15) is 0 Å². The van der Waals surface area contributed by atoms with Gasteiger partial charge in [-0.1, -0.05) is 54.6 Å². The lowest BCUT2D eigenvalue weighted by atomic mass is 9.98. The number of nitrogens with one attached hydrogen (secondary N) is 1. The molecule has 0 aliphatic heterocycles. The zero-order valence-corrected chi connectivity index (χ0v) is 17.3. The van der Waals surface area contributed by atoms with Crippen LogP contribution in [0.3, 0.4) is 0 Å². The minimum absolute atomic E-state index is 0.0782. The average Bonchev–Trinajstić information content (AvgIpc) is 3.13. The summed E-state index contributed by atoms with van der Waals surface area (Å²) in [5.74, 6) is 0.284. The molecule has 0 bridgehead atoms. The predicted octanol–water partition coefficient (Wildman–Crippen LogP) is 4.29. The van der Waals surface area contributed by atoms with Crippen molar-refractivity contribution in [1.29, 1.82) is 0 Å². The van der Waals surface area contributed by atoms with Crippen LogP contribution in [0.1, 0.15) is 30.0 Å². The zero-order valence-electron chi connectivity index (χ0n) is 17.3. The van der Waals surface area contributed by atoms with Crippen molar-refractivity contribution in [3.8, 4) is 5.75 Å². The van der Waals surface area contributed by atoms with Gasteiger partial charge < -0.3 is 14.5 Å². The number of carbonyl (C=O) groups excluding carboxylic acids is 1. The summed E-state index contributed by atoms with van der Waals surface area (Å²) in [7, 11) is 1.63. The molecular formula is C25H24N2O4. The summed E-state index contributed by atoms with van der Waals surface area (Å²) in [5, 5.41) is 3.13. The molecule has 1 amide bonds. The molecule has 3 aromatic carbocycles. The first-order chi connectivity index (χ1) is 15.2. The molecule has 0 aliphatic rings. The van der Waals surface area contributed by atoms with Gasteiger partial charge in [-0.05, 0) is 41.8 Å². The van der Waals surface area contributed by atoms with Crippen molar-refractivity contribution >= 4 is 17.0 Å². The summed E-state index contributed by atoms with van der Waals surface area (Å²) >= 11 is 0. The number of oxazole rings is 1. The maximum Gasteiger partial charge on any atom is 0.419 e. The van der Waals surface area contributed by atoms with E-state index < -0.39 is 5.76 Å². The highest BCUT2D eigenvalue weighted by molar-refractivity contribution is 5.77. The molecule has 0 aliphatic carbocycles. The molecule has 158 valence electrons. The first-order valence-electron chi connectivity index (χ1n) is 10.2. The second-order valence-electron chi connectivity index (χ2n) is 7.28. The van der Waals surface area contributed by atoms with Gasteiger partial charge in [0.15, 0.2) is 5.58 Å². The van der Waals surface area contributed by atoms with Crippen molar-refractivity contribution < 1.29 is 13.9 Å². The number of aryl methyl sites for hydroxylation is 1. The van der Waals surface area contributed by atoms with Gasteiger partial charge in [-0.3, -0.25) is 9.36 Å². The molecule has 1 heterocycles.